The zero-order valence-electron chi connectivity index (χ0n) is 13.2. The first-order valence-electron chi connectivity index (χ1n) is 8.09. The smallest absolute Gasteiger partial charge is 0.255 e. The average Bonchev–Trinajstić information content (AvgIpc) is 3.27. The Balaban J connectivity index is 1.56. The van der Waals surface area contributed by atoms with Gasteiger partial charge >= 0.3 is 0 Å². The molecule has 116 valence electrons. The highest BCUT2D eigenvalue weighted by Gasteiger charge is 2.29. The van der Waals surface area contributed by atoms with Crippen LogP contribution in [0.2, 0.25) is 0 Å². The van der Waals surface area contributed by atoms with Crippen molar-refractivity contribution in [3.63, 3.8) is 0 Å². The summed E-state index contributed by atoms with van der Waals surface area (Å²) in [5, 5.41) is 0. The molecule has 3 heterocycles. The zero-order valence-corrected chi connectivity index (χ0v) is 13.2. The third-order valence-electron chi connectivity index (χ3n) is 4.77. The van der Waals surface area contributed by atoms with Gasteiger partial charge in [-0.25, -0.2) is 4.98 Å². The Labute approximate surface area is 129 Å². The molecule has 2 N–H and O–H groups in total. The highest BCUT2D eigenvalue weighted by molar-refractivity contribution is 5.26. The van der Waals surface area contributed by atoms with Crippen molar-refractivity contribution in [3.05, 3.63) is 50.5 Å². The fourth-order valence-electron chi connectivity index (χ4n) is 3.36. The summed E-state index contributed by atoms with van der Waals surface area (Å²) in [5.74, 6) is 1.41. The maximum absolute atomic E-state index is 12.4. The first kappa shape index (κ1) is 13.8. The molecule has 1 saturated carbocycles. The van der Waals surface area contributed by atoms with Crippen molar-refractivity contribution in [3.8, 4) is 0 Å². The highest BCUT2D eigenvalue weighted by atomic mass is 16.1. The van der Waals surface area contributed by atoms with Gasteiger partial charge in [0.25, 0.3) is 5.56 Å². The predicted molar refractivity (Wildman–Crippen MR) is 84.9 cm³/mol. The molecule has 0 amide bonds. The molecule has 0 radical (unpaired) electrons. The number of aromatic nitrogens is 3. The Morgan fingerprint density at radius 1 is 1.32 bits per heavy atom. The molecule has 0 atom stereocenters. The summed E-state index contributed by atoms with van der Waals surface area (Å²) in [6.45, 7) is 6.73. The lowest BCUT2D eigenvalue weighted by Crippen LogP contribution is -2.36. The van der Waals surface area contributed by atoms with E-state index in [0.717, 1.165) is 36.6 Å². The number of aromatic amines is 2. The van der Waals surface area contributed by atoms with Crippen LogP contribution in [0.15, 0.2) is 10.9 Å². The third kappa shape index (κ3) is 2.50. The van der Waals surface area contributed by atoms with Crippen molar-refractivity contribution in [2.75, 3.05) is 6.54 Å². The molecule has 0 aromatic carbocycles. The number of rotatable bonds is 3. The van der Waals surface area contributed by atoms with Crippen molar-refractivity contribution in [2.45, 2.75) is 52.1 Å². The van der Waals surface area contributed by atoms with Gasteiger partial charge in [0.15, 0.2) is 0 Å². The minimum atomic E-state index is 0.0657. The van der Waals surface area contributed by atoms with Crippen LogP contribution in [0.25, 0.3) is 0 Å². The van der Waals surface area contributed by atoms with E-state index in [-0.39, 0.29) is 5.56 Å². The van der Waals surface area contributed by atoms with Crippen LogP contribution in [0, 0.1) is 13.8 Å². The maximum Gasteiger partial charge on any atom is 0.255 e. The topological polar surface area (TPSA) is 64.8 Å². The minimum absolute atomic E-state index is 0.0657. The van der Waals surface area contributed by atoms with Gasteiger partial charge in [0.2, 0.25) is 0 Å². The van der Waals surface area contributed by atoms with Crippen LogP contribution >= 0.6 is 0 Å². The summed E-state index contributed by atoms with van der Waals surface area (Å²) < 4.78 is 0. The Morgan fingerprint density at radius 3 is 2.82 bits per heavy atom. The molecular formula is C17H22N4O. The molecule has 1 fully saturated rings. The number of hydrogen-bond acceptors (Lipinski definition) is 3. The zero-order chi connectivity index (χ0) is 15.3. The van der Waals surface area contributed by atoms with Gasteiger partial charge in [-0.2, -0.15) is 0 Å². The molecule has 22 heavy (non-hydrogen) atoms. The molecule has 0 spiro atoms. The molecule has 1 aliphatic heterocycles. The second-order valence-electron chi connectivity index (χ2n) is 6.73. The van der Waals surface area contributed by atoms with Crippen LogP contribution < -0.4 is 5.56 Å². The summed E-state index contributed by atoms with van der Waals surface area (Å²) in [6.07, 6.45) is 3.20. The normalized spacial score (nSPS) is 18.5. The van der Waals surface area contributed by atoms with Crippen molar-refractivity contribution in [1.29, 1.82) is 0 Å². The predicted octanol–water partition coefficient (Wildman–Crippen LogP) is 2.15. The summed E-state index contributed by atoms with van der Waals surface area (Å²) >= 11 is 0. The second kappa shape index (κ2) is 5.09. The van der Waals surface area contributed by atoms with E-state index in [2.05, 4.69) is 34.8 Å². The quantitative estimate of drug-likeness (QED) is 0.912. The van der Waals surface area contributed by atoms with E-state index in [0.29, 0.717) is 12.5 Å². The monoisotopic (exact) mass is 298 g/mol. The number of H-pyrrole nitrogens is 2. The van der Waals surface area contributed by atoms with Crippen LogP contribution in [0.3, 0.4) is 0 Å². The lowest BCUT2D eigenvalue weighted by atomic mass is 10.1. The van der Waals surface area contributed by atoms with E-state index >= 15 is 0 Å². The first-order valence-corrected chi connectivity index (χ1v) is 8.09. The summed E-state index contributed by atoms with van der Waals surface area (Å²) in [4.78, 5) is 25.8. The molecular weight excluding hydrogens is 276 g/mol. The molecule has 2 aromatic heterocycles. The molecule has 4 rings (SSSR count). The van der Waals surface area contributed by atoms with Gasteiger partial charge < -0.3 is 9.97 Å². The van der Waals surface area contributed by atoms with Crippen LogP contribution in [-0.2, 0) is 19.5 Å². The van der Waals surface area contributed by atoms with Crippen LogP contribution in [0.1, 0.15) is 52.8 Å². The van der Waals surface area contributed by atoms with Gasteiger partial charge in [-0.3, -0.25) is 9.69 Å². The van der Waals surface area contributed by atoms with Crippen molar-refractivity contribution >= 4 is 0 Å². The van der Waals surface area contributed by atoms with E-state index in [9.17, 15) is 4.79 Å². The number of nitrogens with zero attached hydrogens (tertiary/aromatic N) is 2. The maximum atomic E-state index is 12.4. The van der Waals surface area contributed by atoms with Gasteiger partial charge in [0.1, 0.15) is 5.82 Å². The minimum Gasteiger partial charge on any atom is -0.361 e. The van der Waals surface area contributed by atoms with Crippen molar-refractivity contribution < 1.29 is 0 Å². The lowest BCUT2D eigenvalue weighted by Gasteiger charge is -2.27. The molecule has 0 bridgehead atoms. The van der Waals surface area contributed by atoms with E-state index in [1.165, 1.54) is 29.8 Å². The van der Waals surface area contributed by atoms with Crippen LogP contribution in [0.5, 0.6) is 0 Å². The van der Waals surface area contributed by atoms with Gasteiger partial charge in [0.05, 0.1) is 11.3 Å². The van der Waals surface area contributed by atoms with Gasteiger partial charge in [-0.1, -0.05) is 0 Å². The fraction of sp³-hybridized carbons (Fsp3) is 0.529. The fourth-order valence-corrected chi connectivity index (χ4v) is 3.36. The first-order chi connectivity index (χ1) is 10.6. The molecule has 0 saturated heterocycles. The average molecular weight is 298 g/mol. The SMILES string of the molecule is Cc1cc(C)c(CN2CCc3nc(C4CC4)[nH]c(=O)c3C2)[nH]1. The summed E-state index contributed by atoms with van der Waals surface area (Å²) in [6, 6.07) is 2.17. The van der Waals surface area contributed by atoms with Crippen LogP contribution in [-0.4, -0.2) is 26.4 Å². The standard InChI is InChI=1S/C17H22N4O/c1-10-7-11(2)18-15(10)9-21-6-5-14-13(8-21)17(22)20-16(19-14)12-3-4-12/h7,12,18H,3-6,8-9H2,1-2H3,(H,19,20,22). The molecule has 1 aliphatic carbocycles. The van der Waals surface area contributed by atoms with E-state index in [1.54, 1.807) is 0 Å². The van der Waals surface area contributed by atoms with Gasteiger partial charge in [-0.05, 0) is 38.3 Å². The second-order valence-corrected chi connectivity index (χ2v) is 6.73. The number of nitrogens with one attached hydrogen (secondary N) is 2. The lowest BCUT2D eigenvalue weighted by molar-refractivity contribution is 0.238. The Hall–Kier alpha value is -1.88. The van der Waals surface area contributed by atoms with Crippen molar-refractivity contribution in [1.82, 2.24) is 19.9 Å². The number of aryl methyl sites for hydroxylation is 2. The van der Waals surface area contributed by atoms with Crippen molar-refractivity contribution in [2.24, 2.45) is 0 Å². The van der Waals surface area contributed by atoms with Crippen LogP contribution in [0.4, 0.5) is 0 Å². The van der Waals surface area contributed by atoms with Gasteiger partial charge in [-0.15, -0.1) is 0 Å². The molecule has 2 aromatic rings. The molecule has 5 heteroatoms. The molecule has 2 aliphatic rings. The Morgan fingerprint density at radius 2 is 2.14 bits per heavy atom. The number of fused-ring (bicyclic) bond motifs is 1. The Bertz CT molecular complexity index is 769. The number of hydrogen-bond donors (Lipinski definition) is 2. The largest absolute Gasteiger partial charge is 0.361 e. The Kier molecular flexibility index (Phi) is 3.18. The molecule has 0 unspecified atom stereocenters. The van der Waals surface area contributed by atoms with E-state index < -0.39 is 0 Å². The van der Waals surface area contributed by atoms with Gasteiger partial charge in [0, 0.05) is 43.4 Å². The highest BCUT2D eigenvalue weighted by Crippen LogP contribution is 2.37. The summed E-state index contributed by atoms with van der Waals surface area (Å²) in [7, 11) is 0. The third-order valence-corrected chi connectivity index (χ3v) is 4.77. The summed E-state index contributed by atoms with van der Waals surface area (Å²) in [5.41, 5.74) is 5.67. The van der Waals surface area contributed by atoms with E-state index in [1.807, 2.05) is 0 Å². The molecule has 5 nitrogen and oxygen atoms in total. The van der Waals surface area contributed by atoms with E-state index in [4.69, 9.17) is 4.98 Å².